The molecular weight excluding hydrogens is 245 g/mol. The first-order chi connectivity index (χ1) is 8.46. The molecule has 18 heavy (non-hydrogen) atoms. The smallest absolute Gasteiger partial charge is 0.396 e. The molecule has 0 saturated carbocycles. The lowest BCUT2D eigenvalue weighted by atomic mass is 10.3. The molecule has 1 fully saturated rings. The van der Waals surface area contributed by atoms with Crippen molar-refractivity contribution in [1.29, 1.82) is 0 Å². The maximum Gasteiger partial charge on any atom is 0.401 e. The second-order valence-electron chi connectivity index (χ2n) is 4.29. The van der Waals surface area contributed by atoms with E-state index >= 15 is 0 Å². The number of nitrogens with zero attached hydrogens (tertiary/aromatic N) is 3. The molecule has 1 aliphatic heterocycles. The fourth-order valence-electron chi connectivity index (χ4n) is 2.04. The van der Waals surface area contributed by atoms with Gasteiger partial charge < -0.3 is 10.6 Å². The molecule has 1 aromatic heterocycles. The van der Waals surface area contributed by atoms with Crippen LogP contribution in [0.2, 0.25) is 0 Å². The van der Waals surface area contributed by atoms with Crippen molar-refractivity contribution in [2.24, 2.45) is 0 Å². The molecule has 0 aromatic carbocycles. The van der Waals surface area contributed by atoms with Gasteiger partial charge in [0.2, 0.25) is 0 Å². The molecule has 2 N–H and O–H groups in total. The van der Waals surface area contributed by atoms with Crippen molar-refractivity contribution in [2.75, 3.05) is 43.4 Å². The van der Waals surface area contributed by atoms with Crippen molar-refractivity contribution >= 4 is 11.5 Å². The van der Waals surface area contributed by atoms with Crippen LogP contribution in [0.1, 0.15) is 0 Å². The first kappa shape index (κ1) is 12.9. The van der Waals surface area contributed by atoms with Crippen molar-refractivity contribution in [2.45, 2.75) is 6.18 Å². The maximum absolute atomic E-state index is 12.2. The Morgan fingerprint density at radius 3 is 2.44 bits per heavy atom. The van der Waals surface area contributed by atoms with Gasteiger partial charge in [0.05, 0.1) is 12.2 Å². The third-order valence-electron chi connectivity index (χ3n) is 2.89. The van der Waals surface area contributed by atoms with Crippen LogP contribution in [0.3, 0.4) is 0 Å². The molecule has 0 atom stereocenters. The van der Waals surface area contributed by atoms with E-state index in [1.165, 1.54) is 4.90 Å². The molecule has 1 aliphatic rings. The summed E-state index contributed by atoms with van der Waals surface area (Å²) in [6.07, 6.45) is -2.50. The van der Waals surface area contributed by atoms with E-state index in [0.717, 1.165) is 0 Å². The number of halogens is 3. The Hall–Kier alpha value is -1.50. The summed E-state index contributed by atoms with van der Waals surface area (Å²) in [6, 6.07) is 3.48. The fourth-order valence-corrected chi connectivity index (χ4v) is 2.04. The van der Waals surface area contributed by atoms with E-state index in [-0.39, 0.29) is 0 Å². The quantitative estimate of drug-likeness (QED) is 0.871. The number of nitrogens with two attached hydrogens (primary N) is 1. The lowest BCUT2D eigenvalue weighted by Gasteiger charge is -2.35. The Kier molecular flexibility index (Phi) is 3.60. The standard InChI is InChI=1S/C11H15F3N4/c12-11(13,14)8-17-4-6-18(7-5-17)10-9(15)2-1-3-16-10/h1-3H,4-8,15H2. The summed E-state index contributed by atoms with van der Waals surface area (Å²) in [6.45, 7) is 0.915. The Balaban J connectivity index is 1.93. The Bertz CT molecular complexity index is 400. The summed E-state index contributed by atoms with van der Waals surface area (Å²) < 4.78 is 36.7. The largest absolute Gasteiger partial charge is 0.401 e. The van der Waals surface area contributed by atoms with E-state index in [4.69, 9.17) is 5.73 Å². The molecule has 0 spiro atoms. The van der Waals surface area contributed by atoms with E-state index in [1.807, 2.05) is 4.90 Å². The number of piperazine rings is 1. The van der Waals surface area contributed by atoms with Crippen molar-refractivity contribution in [3.8, 4) is 0 Å². The van der Waals surface area contributed by atoms with Gasteiger partial charge in [0, 0.05) is 32.4 Å². The summed E-state index contributed by atoms with van der Waals surface area (Å²) in [4.78, 5) is 7.48. The Morgan fingerprint density at radius 1 is 1.22 bits per heavy atom. The highest BCUT2D eigenvalue weighted by molar-refractivity contribution is 5.62. The third-order valence-corrected chi connectivity index (χ3v) is 2.89. The fraction of sp³-hybridized carbons (Fsp3) is 0.545. The van der Waals surface area contributed by atoms with Gasteiger partial charge in [-0.2, -0.15) is 13.2 Å². The summed E-state index contributed by atoms with van der Waals surface area (Å²) in [5.41, 5.74) is 6.35. The number of hydrogen-bond donors (Lipinski definition) is 1. The summed E-state index contributed by atoms with van der Waals surface area (Å²) >= 11 is 0. The molecule has 2 rings (SSSR count). The van der Waals surface area contributed by atoms with Crippen LogP contribution in [-0.4, -0.2) is 48.8 Å². The highest BCUT2D eigenvalue weighted by atomic mass is 19.4. The Labute approximate surface area is 103 Å². The average Bonchev–Trinajstić information content (AvgIpc) is 2.29. The van der Waals surface area contributed by atoms with Crippen molar-refractivity contribution < 1.29 is 13.2 Å². The maximum atomic E-state index is 12.2. The second-order valence-corrected chi connectivity index (χ2v) is 4.29. The van der Waals surface area contributed by atoms with Gasteiger partial charge in [-0.3, -0.25) is 4.90 Å². The number of rotatable bonds is 2. The minimum atomic E-state index is -4.13. The third kappa shape index (κ3) is 3.25. The molecule has 1 aromatic rings. The topological polar surface area (TPSA) is 45.4 Å². The monoisotopic (exact) mass is 260 g/mol. The van der Waals surface area contributed by atoms with Gasteiger partial charge in [0.15, 0.2) is 5.82 Å². The zero-order valence-corrected chi connectivity index (χ0v) is 9.82. The van der Waals surface area contributed by atoms with Crippen LogP contribution in [-0.2, 0) is 0 Å². The zero-order chi connectivity index (χ0) is 13.2. The highest BCUT2D eigenvalue weighted by Crippen LogP contribution is 2.22. The minimum Gasteiger partial charge on any atom is -0.396 e. The molecule has 4 nitrogen and oxygen atoms in total. The summed E-state index contributed by atoms with van der Waals surface area (Å²) in [5, 5.41) is 0. The van der Waals surface area contributed by atoms with E-state index in [2.05, 4.69) is 4.98 Å². The van der Waals surface area contributed by atoms with Crippen LogP contribution in [0, 0.1) is 0 Å². The number of alkyl halides is 3. The van der Waals surface area contributed by atoms with Gasteiger partial charge in [0.25, 0.3) is 0 Å². The lowest BCUT2D eigenvalue weighted by molar-refractivity contribution is -0.146. The highest BCUT2D eigenvalue weighted by Gasteiger charge is 2.32. The molecule has 0 unspecified atom stereocenters. The number of hydrogen-bond acceptors (Lipinski definition) is 4. The Morgan fingerprint density at radius 2 is 1.89 bits per heavy atom. The second kappa shape index (κ2) is 5.01. The SMILES string of the molecule is Nc1cccnc1N1CCN(CC(F)(F)F)CC1. The van der Waals surface area contributed by atoms with Crippen molar-refractivity contribution in [1.82, 2.24) is 9.88 Å². The first-order valence-corrected chi connectivity index (χ1v) is 5.70. The molecule has 2 heterocycles. The first-order valence-electron chi connectivity index (χ1n) is 5.70. The molecule has 0 radical (unpaired) electrons. The molecule has 0 amide bonds. The van der Waals surface area contributed by atoms with Crippen LogP contribution in [0.25, 0.3) is 0 Å². The number of anilines is 2. The van der Waals surface area contributed by atoms with Crippen LogP contribution in [0.5, 0.6) is 0 Å². The van der Waals surface area contributed by atoms with Crippen molar-refractivity contribution in [3.63, 3.8) is 0 Å². The van der Waals surface area contributed by atoms with E-state index in [1.54, 1.807) is 18.3 Å². The number of pyridine rings is 1. The van der Waals surface area contributed by atoms with E-state index in [9.17, 15) is 13.2 Å². The van der Waals surface area contributed by atoms with Gasteiger partial charge in [-0.15, -0.1) is 0 Å². The summed E-state index contributed by atoms with van der Waals surface area (Å²) in [5.74, 6) is 0.657. The molecule has 0 bridgehead atoms. The zero-order valence-electron chi connectivity index (χ0n) is 9.82. The number of aromatic nitrogens is 1. The van der Waals surface area contributed by atoms with E-state index in [0.29, 0.717) is 37.7 Å². The predicted molar refractivity (Wildman–Crippen MR) is 63.4 cm³/mol. The van der Waals surface area contributed by atoms with Gasteiger partial charge in [-0.05, 0) is 12.1 Å². The normalized spacial score (nSPS) is 18.1. The lowest BCUT2D eigenvalue weighted by Crippen LogP contribution is -2.49. The summed E-state index contributed by atoms with van der Waals surface area (Å²) in [7, 11) is 0. The molecule has 0 aliphatic carbocycles. The predicted octanol–water partition coefficient (Wildman–Crippen LogP) is 1.35. The van der Waals surface area contributed by atoms with Gasteiger partial charge in [-0.1, -0.05) is 0 Å². The number of nitrogen functional groups attached to an aromatic ring is 1. The molecule has 7 heteroatoms. The van der Waals surface area contributed by atoms with E-state index < -0.39 is 12.7 Å². The average molecular weight is 260 g/mol. The van der Waals surface area contributed by atoms with Crippen LogP contribution in [0.4, 0.5) is 24.7 Å². The van der Waals surface area contributed by atoms with Gasteiger partial charge >= 0.3 is 6.18 Å². The molecule has 100 valence electrons. The van der Waals surface area contributed by atoms with Crippen LogP contribution >= 0.6 is 0 Å². The van der Waals surface area contributed by atoms with Crippen LogP contribution in [0.15, 0.2) is 18.3 Å². The van der Waals surface area contributed by atoms with Crippen LogP contribution < -0.4 is 10.6 Å². The molecular formula is C11H15F3N4. The van der Waals surface area contributed by atoms with Gasteiger partial charge in [0.1, 0.15) is 0 Å². The molecule has 1 saturated heterocycles. The van der Waals surface area contributed by atoms with Crippen molar-refractivity contribution in [3.05, 3.63) is 18.3 Å². The van der Waals surface area contributed by atoms with Gasteiger partial charge in [-0.25, -0.2) is 4.98 Å². The minimum absolute atomic E-state index is 0.371.